The van der Waals surface area contributed by atoms with Crippen LogP contribution in [0.25, 0.3) is 0 Å². The van der Waals surface area contributed by atoms with Gasteiger partial charge >= 0.3 is 12.1 Å². The molecule has 1 saturated heterocycles. The number of hydrogen-bond acceptors (Lipinski definition) is 5. The van der Waals surface area contributed by atoms with Gasteiger partial charge in [-0.05, 0) is 42.3 Å². The number of nitrogens with zero attached hydrogens (tertiary/aromatic N) is 2. The molecule has 0 spiro atoms. The van der Waals surface area contributed by atoms with Crippen molar-refractivity contribution in [1.82, 2.24) is 9.80 Å². The molecule has 0 saturated carbocycles. The second kappa shape index (κ2) is 11.9. The van der Waals surface area contributed by atoms with Gasteiger partial charge in [-0.3, -0.25) is 14.5 Å². The number of ether oxygens (including phenoxy) is 2. The van der Waals surface area contributed by atoms with E-state index in [2.05, 4.69) is 4.90 Å². The fourth-order valence-electron chi connectivity index (χ4n) is 3.86. The Labute approximate surface area is 207 Å². The minimum Gasteiger partial charge on any atom is -0.453 e. The van der Waals surface area contributed by atoms with Gasteiger partial charge in [0.15, 0.2) is 6.10 Å². The molecule has 2 aromatic carbocycles. The smallest absolute Gasteiger partial charge is 0.416 e. The Balaban J connectivity index is 1.61. The van der Waals surface area contributed by atoms with Gasteiger partial charge in [-0.2, -0.15) is 13.2 Å². The van der Waals surface area contributed by atoms with Crippen molar-refractivity contribution in [2.24, 2.45) is 0 Å². The molecule has 0 aromatic heterocycles. The van der Waals surface area contributed by atoms with Crippen LogP contribution in [0.5, 0.6) is 0 Å². The Bertz CT molecular complexity index is 991. The van der Waals surface area contributed by atoms with Crippen molar-refractivity contribution < 1.29 is 32.2 Å². The first kappa shape index (κ1) is 27.0. The molecule has 10 heteroatoms. The Morgan fingerprint density at radius 3 is 2.14 bits per heavy atom. The lowest BCUT2D eigenvalue weighted by molar-refractivity contribution is -0.158. The van der Waals surface area contributed by atoms with E-state index in [0.717, 1.165) is 17.7 Å². The molecule has 3 rings (SSSR count). The monoisotopic (exact) mass is 512 g/mol. The van der Waals surface area contributed by atoms with E-state index >= 15 is 0 Å². The Hall–Kier alpha value is -2.62. The van der Waals surface area contributed by atoms with Crippen LogP contribution >= 0.6 is 11.6 Å². The normalized spacial score (nSPS) is 16.6. The van der Waals surface area contributed by atoms with E-state index in [0.29, 0.717) is 43.3 Å². The van der Waals surface area contributed by atoms with Gasteiger partial charge in [0, 0.05) is 44.7 Å². The van der Waals surface area contributed by atoms with E-state index in [4.69, 9.17) is 21.1 Å². The summed E-state index contributed by atoms with van der Waals surface area (Å²) in [6.45, 7) is 5.67. The molecule has 1 amide bonds. The highest BCUT2D eigenvalue weighted by Gasteiger charge is 2.30. The summed E-state index contributed by atoms with van der Waals surface area (Å²) in [6, 6.07) is 12.2. The van der Waals surface area contributed by atoms with Gasteiger partial charge in [0.25, 0.3) is 5.91 Å². The summed E-state index contributed by atoms with van der Waals surface area (Å²) in [5.74, 6) is -0.729. The lowest BCUT2D eigenvalue weighted by atomic mass is 10.1. The number of carbonyl (C=O) groups is 2. The third-order valence-corrected chi connectivity index (χ3v) is 6.02. The molecule has 0 aliphatic carbocycles. The van der Waals surface area contributed by atoms with Gasteiger partial charge in [0.2, 0.25) is 0 Å². The zero-order valence-corrected chi connectivity index (χ0v) is 20.3. The zero-order valence-electron chi connectivity index (χ0n) is 19.6. The van der Waals surface area contributed by atoms with Crippen LogP contribution < -0.4 is 0 Å². The number of halogens is 4. The third kappa shape index (κ3) is 7.95. The second-order valence-electron chi connectivity index (χ2n) is 8.42. The second-order valence-corrected chi connectivity index (χ2v) is 8.86. The van der Waals surface area contributed by atoms with Crippen molar-refractivity contribution in [3.63, 3.8) is 0 Å². The van der Waals surface area contributed by atoms with E-state index in [1.807, 2.05) is 12.1 Å². The molecule has 1 aliphatic heterocycles. The van der Waals surface area contributed by atoms with Crippen molar-refractivity contribution in [3.8, 4) is 0 Å². The number of benzene rings is 2. The van der Waals surface area contributed by atoms with Gasteiger partial charge in [-0.25, -0.2) is 0 Å². The van der Waals surface area contributed by atoms with Crippen molar-refractivity contribution >= 4 is 23.5 Å². The number of esters is 1. The first-order valence-corrected chi connectivity index (χ1v) is 11.6. The van der Waals surface area contributed by atoms with Crippen LogP contribution in [-0.4, -0.2) is 60.5 Å². The minimum absolute atomic E-state index is 0.143. The van der Waals surface area contributed by atoms with Gasteiger partial charge < -0.3 is 14.4 Å². The van der Waals surface area contributed by atoms with Crippen LogP contribution in [0, 0.1) is 0 Å². The van der Waals surface area contributed by atoms with Crippen LogP contribution in [0.1, 0.15) is 36.6 Å². The molecule has 0 bridgehead atoms. The molecule has 1 fully saturated rings. The van der Waals surface area contributed by atoms with Crippen molar-refractivity contribution in [2.45, 2.75) is 38.8 Å². The molecule has 1 heterocycles. The highest BCUT2D eigenvalue weighted by molar-refractivity contribution is 6.30. The number of carbonyl (C=O) groups excluding carboxylic acids is 2. The summed E-state index contributed by atoms with van der Waals surface area (Å²) >= 11 is 6.02. The third-order valence-electron chi connectivity index (χ3n) is 5.77. The number of rotatable bonds is 8. The molecule has 6 nitrogen and oxygen atoms in total. The summed E-state index contributed by atoms with van der Waals surface area (Å²) in [7, 11) is 0. The van der Waals surface area contributed by atoms with Crippen LogP contribution in [0.2, 0.25) is 5.02 Å². The molecule has 190 valence electrons. The number of piperazine rings is 1. The summed E-state index contributed by atoms with van der Waals surface area (Å²) in [6.07, 6.45) is -5.56. The quantitative estimate of drug-likeness (QED) is 0.479. The van der Waals surface area contributed by atoms with Crippen molar-refractivity contribution in [2.75, 3.05) is 32.7 Å². The fourth-order valence-corrected chi connectivity index (χ4v) is 3.99. The van der Waals surface area contributed by atoms with Crippen molar-refractivity contribution in [3.05, 3.63) is 70.2 Å². The maximum atomic E-state index is 12.8. The van der Waals surface area contributed by atoms with Crippen LogP contribution in [0.3, 0.4) is 0 Å². The Kier molecular flexibility index (Phi) is 9.15. The highest BCUT2D eigenvalue weighted by atomic mass is 35.5. The summed E-state index contributed by atoms with van der Waals surface area (Å²) in [4.78, 5) is 27.4. The number of hydrogen-bond donors (Lipinski definition) is 0. The molecule has 0 unspecified atom stereocenters. The standard InChI is InChI=1S/C25H28ClF3N2O4/c1-17(35-18(2)32)24(33)31-13-11-30(12-14-31)15-23(20-5-9-22(26)10-6-20)34-16-19-3-7-21(8-4-19)25(27,28)29/h3-10,17,23H,11-16H2,1-2H3/t17-,23-/m0/s1. The molecule has 2 atom stereocenters. The lowest BCUT2D eigenvalue weighted by Crippen LogP contribution is -2.52. The van der Waals surface area contributed by atoms with E-state index in [1.165, 1.54) is 19.1 Å². The lowest BCUT2D eigenvalue weighted by Gasteiger charge is -2.37. The molecular formula is C25H28ClF3N2O4. The summed E-state index contributed by atoms with van der Waals surface area (Å²) in [5.41, 5.74) is 0.820. The van der Waals surface area contributed by atoms with Crippen molar-refractivity contribution in [1.29, 1.82) is 0 Å². The molecule has 2 aromatic rings. The predicted molar refractivity (Wildman–Crippen MR) is 125 cm³/mol. The van der Waals surface area contributed by atoms with Gasteiger partial charge in [-0.15, -0.1) is 0 Å². The van der Waals surface area contributed by atoms with Crippen LogP contribution in [0.15, 0.2) is 48.5 Å². The minimum atomic E-state index is -4.38. The zero-order chi connectivity index (χ0) is 25.6. The number of alkyl halides is 3. The Morgan fingerprint density at radius 2 is 1.60 bits per heavy atom. The van der Waals surface area contributed by atoms with Crippen LogP contribution in [0.4, 0.5) is 13.2 Å². The van der Waals surface area contributed by atoms with Gasteiger partial charge in [-0.1, -0.05) is 35.9 Å². The Morgan fingerprint density at radius 1 is 1.00 bits per heavy atom. The van der Waals surface area contributed by atoms with Gasteiger partial charge in [0.1, 0.15) is 0 Å². The van der Waals surface area contributed by atoms with E-state index in [9.17, 15) is 22.8 Å². The molecular weight excluding hydrogens is 485 g/mol. The topological polar surface area (TPSA) is 59.1 Å². The SMILES string of the molecule is CC(=O)O[C@@H](C)C(=O)N1CCN(C[C@H](OCc2ccc(C(F)(F)F)cc2)c2ccc(Cl)cc2)CC1. The molecule has 1 aliphatic rings. The maximum Gasteiger partial charge on any atom is 0.416 e. The van der Waals surface area contributed by atoms with E-state index in [1.54, 1.807) is 24.0 Å². The number of amides is 1. The predicted octanol–water partition coefficient (Wildman–Crippen LogP) is 4.71. The average molecular weight is 513 g/mol. The highest BCUT2D eigenvalue weighted by Crippen LogP contribution is 2.30. The van der Waals surface area contributed by atoms with E-state index in [-0.39, 0.29) is 18.6 Å². The molecule has 0 radical (unpaired) electrons. The summed E-state index contributed by atoms with van der Waals surface area (Å²) < 4.78 is 49.6. The van der Waals surface area contributed by atoms with Crippen LogP contribution in [-0.2, 0) is 31.8 Å². The fraction of sp³-hybridized carbons (Fsp3) is 0.440. The van der Waals surface area contributed by atoms with Gasteiger partial charge in [0.05, 0.1) is 18.3 Å². The average Bonchev–Trinajstić information content (AvgIpc) is 2.81. The molecule has 0 N–H and O–H groups in total. The van der Waals surface area contributed by atoms with E-state index < -0.39 is 23.8 Å². The first-order valence-electron chi connectivity index (χ1n) is 11.2. The molecule has 35 heavy (non-hydrogen) atoms. The maximum absolute atomic E-state index is 12.8. The summed E-state index contributed by atoms with van der Waals surface area (Å²) in [5, 5.41) is 0.587. The first-order chi connectivity index (χ1) is 16.5. The largest absolute Gasteiger partial charge is 0.453 e.